The average Bonchev–Trinajstić information content (AvgIpc) is 3.32. The molecular weight excluding hydrogens is 483 g/mol. The van der Waals surface area contributed by atoms with Gasteiger partial charge in [0.25, 0.3) is 0 Å². The monoisotopic (exact) mass is 511 g/mol. The van der Waals surface area contributed by atoms with Crippen molar-refractivity contribution >= 4 is 41.5 Å². The number of hydrogen-bond acceptors (Lipinski definition) is 4. The first-order valence-corrected chi connectivity index (χ1v) is 12.5. The van der Waals surface area contributed by atoms with E-state index >= 15 is 0 Å². The van der Waals surface area contributed by atoms with Crippen molar-refractivity contribution in [1.29, 1.82) is 0 Å². The van der Waals surface area contributed by atoms with E-state index in [-0.39, 0.29) is 36.0 Å². The van der Waals surface area contributed by atoms with Gasteiger partial charge in [-0.25, -0.2) is 0 Å². The Bertz CT molecular complexity index is 1070. The molecule has 2 fully saturated rings. The highest BCUT2D eigenvalue weighted by molar-refractivity contribution is 7.99. The number of alkyl halides is 3. The van der Waals surface area contributed by atoms with Gasteiger partial charge in [-0.1, -0.05) is 24.2 Å². The van der Waals surface area contributed by atoms with Crippen molar-refractivity contribution in [2.75, 3.05) is 23.3 Å². The third kappa shape index (κ3) is 5.19. The lowest BCUT2D eigenvalue weighted by Gasteiger charge is -2.28. The van der Waals surface area contributed by atoms with E-state index in [0.717, 1.165) is 73.0 Å². The van der Waals surface area contributed by atoms with Gasteiger partial charge in [-0.3, -0.25) is 4.79 Å². The molecule has 184 valence electrons. The lowest BCUT2D eigenvalue weighted by Crippen LogP contribution is -2.34. The fourth-order valence-corrected chi connectivity index (χ4v) is 6.34. The fraction of sp³-hybridized carbons (Fsp3) is 0.480. The zero-order valence-electron chi connectivity index (χ0n) is 18.8. The predicted molar refractivity (Wildman–Crippen MR) is 132 cm³/mol. The molecule has 3 aliphatic rings. The van der Waals surface area contributed by atoms with E-state index in [2.05, 4.69) is 28.4 Å². The molecule has 0 spiro atoms. The number of fused-ring (bicyclic) bond motifs is 2. The van der Waals surface area contributed by atoms with Gasteiger partial charge >= 0.3 is 6.18 Å². The second kappa shape index (κ2) is 9.99. The Morgan fingerprint density at radius 1 is 1.06 bits per heavy atom. The van der Waals surface area contributed by atoms with Gasteiger partial charge in [-0.2, -0.15) is 13.2 Å². The van der Waals surface area contributed by atoms with Gasteiger partial charge in [-0.15, -0.1) is 12.4 Å². The van der Waals surface area contributed by atoms with Gasteiger partial charge in [0.2, 0.25) is 5.91 Å². The molecule has 5 rings (SSSR count). The number of nitrogens with one attached hydrogen (secondary N) is 1. The molecule has 1 amide bonds. The van der Waals surface area contributed by atoms with Crippen molar-refractivity contribution in [3.8, 4) is 0 Å². The fourth-order valence-electron chi connectivity index (χ4n) is 5.16. The van der Waals surface area contributed by atoms with E-state index in [0.29, 0.717) is 17.7 Å². The smallest absolute Gasteiger partial charge is 0.372 e. The maximum atomic E-state index is 13.7. The highest BCUT2D eigenvalue weighted by Gasteiger charge is 2.34. The number of nitrogens with zero attached hydrogens (tertiary/aromatic N) is 1. The van der Waals surface area contributed by atoms with Crippen molar-refractivity contribution in [3.05, 3.63) is 47.0 Å². The Morgan fingerprint density at radius 3 is 2.53 bits per heavy atom. The van der Waals surface area contributed by atoms with Crippen molar-refractivity contribution in [2.45, 2.75) is 67.0 Å². The first kappa shape index (κ1) is 25.2. The van der Waals surface area contributed by atoms with Crippen LogP contribution >= 0.6 is 24.2 Å². The van der Waals surface area contributed by atoms with Crippen LogP contribution in [-0.2, 0) is 17.4 Å². The van der Waals surface area contributed by atoms with Crippen molar-refractivity contribution in [1.82, 2.24) is 0 Å². The van der Waals surface area contributed by atoms with Crippen LogP contribution in [0.15, 0.2) is 40.1 Å². The summed E-state index contributed by atoms with van der Waals surface area (Å²) in [4.78, 5) is 16.8. The molecule has 0 aromatic heterocycles. The standard InChI is InChI=1S/C25H28F3N3OS.ClH/c26-25(27,28)17-12-21(30-24(32)16-4-3-5-18(29)10-16)20-11-15-6-7-19(31-8-1-2-9-31)14-22(15)33-23(20)13-17;/h6-7,12-14,16,18H,1-5,8-11,29H2,(H,30,32);1H. The second-order valence-corrected chi connectivity index (χ2v) is 10.5. The second-order valence-electron chi connectivity index (χ2n) is 9.38. The van der Waals surface area contributed by atoms with Gasteiger partial charge < -0.3 is 16.0 Å². The SMILES string of the molecule is Cl.NC1CCCC(C(=O)Nc2cc(C(F)(F)F)cc3c2Cc2ccc(N4CCCC4)cc2S3)C1. The number of halogens is 4. The lowest BCUT2D eigenvalue weighted by atomic mass is 9.85. The summed E-state index contributed by atoms with van der Waals surface area (Å²) in [5.74, 6) is -0.489. The third-order valence-electron chi connectivity index (χ3n) is 6.99. The first-order valence-electron chi connectivity index (χ1n) is 11.6. The maximum absolute atomic E-state index is 13.7. The molecule has 2 aromatic rings. The summed E-state index contributed by atoms with van der Waals surface area (Å²) in [5, 5.41) is 2.84. The number of carbonyl (C=O) groups is 1. The van der Waals surface area contributed by atoms with E-state index in [4.69, 9.17) is 5.73 Å². The molecule has 2 heterocycles. The van der Waals surface area contributed by atoms with Crippen LogP contribution in [0, 0.1) is 5.92 Å². The van der Waals surface area contributed by atoms with Crippen molar-refractivity contribution in [2.24, 2.45) is 11.7 Å². The molecule has 1 aliphatic carbocycles. The van der Waals surface area contributed by atoms with Crippen LogP contribution in [0.3, 0.4) is 0 Å². The Hall–Kier alpha value is -1.90. The summed E-state index contributed by atoms with van der Waals surface area (Å²) >= 11 is 1.36. The summed E-state index contributed by atoms with van der Waals surface area (Å²) in [7, 11) is 0. The zero-order valence-corrected chi connectivity index (χ0v) is 20.4. The highest BCUT2D eigenvalue weighted by atomic mass is 35.5. The molecule has 9 heteroatoms. The van der Waals surface area contributed by atoms with Crippen molar-refractivity contribution in [3.63, 3.8) is 0 Å². The van der Waals surface area contributed by atoms with Crippen LogP contribution in [0.2, 0.25) is 0 Å². The number of amides is 1. The quantitative estimate of drug-likeness (QED) is 0.437. The molecule has 2 aliphatic heterocycles. The molecule has 1 saturated carbocycles. The van der Waals surface area contributed by atoms with E-state index < -0.39 is 11.7 Å². The molecule has 2 atom stereocenters. The number of anilines is 2. The molecular formula is C25H29ClF3N3OS. The largest absolute Gasteiger partial charge is 0.416 e. The van der Waals surface area contributed by atoms with Gasteiger partial charge in [0, 0.05) is 52.6 Å². The van der Waals surface area contributed by atoms with Crippen LogP contribution < -0.4 is 16.0 Å². The molecule has 4 nitrogen and oxygen atoms in total. The number of benzene rings is 2. The van der Waals surface area contributed by atoms with Crippen LogP contribution in [0.25, 0.3) is 0 Å². The highest BCUT2D eigenvalue weighted by Crippen LogP contribution is 2.46. The summed E-state index contributed by atoms with van der Waals surface area (Å²) in [6.07, 6.45) is 1.38. The van der Waals surface area contributed by atoms with Gasteiger partial charge in [0.05, 0.1) is 5.56 Å². The minimum atomic E-state index is -4.49. The van der Waals surface area contributed by atoms with Crippen LogP contribution in [0.4, 0.5) is 24.5 Å². The van der Waals surface area contributed by atoms with Gasteiger partial charge in [-0.05, 0) is 67.5 Å². The third-order valence-corrected chi connectivity index (χ3v) is 8.17. The average molecular weight is 512 g/mol. The van der Waals surface area contributed by atoms with Crippen LogP contribution in [0.5, 0.6) is 0 Å². The minimum Gasteiger partial charge on any atom is -0.372 e. The molecule has 0 bridgehead atoms. The number of hydrogen-bond donors (Lipinski definition) is 2. The van der Waals surface area contributed by atoms with Gasteiger partial charge in [0.15, 0.2) is 0 Å². The van der Waals surface area contributed by atoms with Crippen LogP contribution in [-0.4, -0.2) is 25.0 Å². The number of carbonyl (C=O) groups excluding carboxylic acids is 1. The summed E-state index contributed by atoms with van der Waals surface area (Å²) in [6, 6.07) is 8.54. The van der Waals surface area contributed by atoms with Crippen molar-refractivity contribution < 1.29 is 18.0 Å². The minimum absolute atomic E-state index is 0. The van der Waals surface area contributed by atoms with E-state index in [1.165, 1.54) is 17.8 Å². The number of nitrogens with two attached hydrogens (primary N) is 1. The Labute approximate surface area is 208 Å². The lowest BCUT2D eigenvalue weighted by molar-refractivity contribution is -0.137. The normalized spacial score (nSPS) is 21.9. The molecule has 2 aromatic carbocycles. The van der Waals surface area contributed by atoms with Gasteiger partial charge in [0.1, 0.15) is 0 Å². The Morgan fingerprint density at radius 2 is 1.82 bits per heavy atom. The first-order chi connectivity index (χ1) is 15.8. The summed E-state index contributed by atoms with van der Waals surface area (Å²) < 4.78 is 41.1. The molecule has 0 radical (unpaired) electrons. The Balaban J connectivity index is 0.00000274. The van der Waals surface area contributed by atoms with E-state index in [1.807, 2.05) is 0 Å². The molecule has 2 unspecified atom stereocenters. The molecule has 1 saturated heterocycles. The summed E-state index contributed by atoms with van der Waals surface area (Å²) in [5.41, 5.74) is 8.51. The predicted octanol–water partition coefficient (Wildman–Crippen LogP) is 6.24. The van der Waals surface area contributed by atoms with Crippen LogP contribution in [0.1, 0.15) is 55.2 Å². The zero-order chi connectivity index (χ0) is 23.2. The van der Waals surface area contributed by atoms with E-state index in [9.17, 15) is 18.0 Å². The number of rotatable bonds is 3. The van der Waals surface area contributed by atoms with E-state index in [1.54, 1.807) is 0 Å². The molecule has 34 heavy (non-hydrogen) atoms. The summed E-state index contributed by atoms with van der Waals surface area (Å²) in [6.45, 7) is 2.03. The Kier molecular flexibility index (Phi) is 7.41. The molecule has 3 N–H and O–H groups in total. The maximum Gasteiger partial charge on any atom is 0.416 e. The topological polar surface area (TPSA) is 58.4 Å².